The first-order valence-corrected chi connectivity index (χ1v) is 7.05. The van der Waals surface area contributed by atoms with E-state index in [-0.39, 0.29) is 0 Å². The van der Waals surface area contributed by atoms with Gasteiger partial charge in [-0.3, -0.25) is 0 Å². The Morgan fingerprint density at radius 2 is 2.00 bits per heavy atom. The monoisotopic (exact) mass is 220 g/mol. The van der Waals surface area contributed by atoms with Crippen LogP contribution in [0.2, 0.25) is 6.04 Å². The Hall–Kier alpha value is 0.0569. The van der Waals surface area contributed by atoms with Gasteiger partial charge in [0.2, 0.25) is 0 Å². The number of hydrogen-bond acceptors (Lipinski definition) is 4. The molecule has 1 heterocycles. The molecule has 0 unspecified atom stereocenters. The molecule has 1 saturated heterocycles. The molecular weight excluding hydrogens is 200 g/mol. The maximum Gasteiger partial charge on any atom is 0.500 e. The molecular formula is C9H20O4Si. The Bertz CT molecular complexity index is 157. The highest BCUT2D eigenvalue weighted by atomic mass is 28.4. The summed E-state index contributed by atoms with van der Waals surface area (Å²) in [6.07, 6.45) is 2.39. The van der Waals surface area contributed by atoms with Gasteiger partial charge in [0.25, 0.3) is 0 Å². The second-order valence-corrected chi connectivity index (χ2v) is 6.40. The molecule has 0 aromatic rings. The van der Waals surface area contributed by atoms with Gasteiger partial charge < -0.3 is 18.0 Å². The minimum Gasteiger partial charge on any atom is -0.377 e. The van der Waals surface area contributed by atoms with Crippen molar-refractivity contribution in [2.45, 2.75) is 31.9 Å². The van der Waals surface area contributed by atoms with Crippen LogP contribution in [0.15, 0.2) is 0 Å². The fourth-order valence-electron chi connectivity index (χ4n) is 1.36. The van der Waals surface area contributed by atoms with Crippen molar-refractivity contribution < 1.29 is 18.0 Å². The zero-order valence-electron chi connectivity index (χ0n) is 9.25. The Kier molecular flexibility index (Phi) is 5.04. The van der Waals surface area contributed by atoms with Gasteiger partial charge in [-0.05, 0) is 6.42 Å². The third kappa shape index (κ3) is 3.66. The van der Waals surface area contributed by atoms with E-state index in [0.717, 1.165) is 25.5 Å². The number of rotatable bonds is 8. The maximum absolute atomic E-state index is 5.73. The van der Waals surface area contributed by atoms with E-state index in [1.807, 2.05) is 0 Å². The Balaban J connectivity index is 2.23. The lowest BCUT2D eigenvalue weighted by Crippen LogP contribution is -2.44. The van der Waals surface area contributed by atoms with Gasteiger partial charge in [0, 0.05) is 26.9 Å². The van der Waals surface area contributed by atoms with E-state index in [9.17, 15) is 0 Å². The minimum absolute atomic E-state index is 0.414. The van der Waals surface area contributed by atoms with Crippen molar-refractivity contribution in [3.63, 3.8) is 0 Å². The van der Waals surface area contributed by atoms with E-state index in [4.69, 9.17) is 18.0 Å². The highest BCUT2D eigenvalue weighted by Crippen LogP contribution is 2.19. The molecule has 0 N–H and O–H groups in total. The van der Waals surface area contributed by atoms with Crippen molar-refractivity contribution >= 4 is 8.80 Å². The van der Waals surface area contributed by atoms with Gasteiger partial charge in [0.15, 0.2) is 0 Å². The van der Waals surface area contributed by atoms with E-state index in [0.29, 0.717) is 12.7 Å². The molecule has 1 aliphatic rings. The molecule has 0 saturated carbocycles. The molecule has 0 bridgehead atoms. The van der Waals surface area contributed by atoms with Crippen LogP contribution in [0.25, 0.3) is 0 Å². The highest BCUT2D eigenvalue weighted by Gasteiger charge is 2.38. The number of hydrogen-bond donors (Lipinski definition) is 0. The van der Waals surface area contributed by atoms with Crippen LogP contribution < -0.4 is 0 Å². The first-order valence-electron chi connectivity index (χ1n) is 5.12. The van der Waals surface area contributed by atoms with Crippen LogP contribution >= 0.6 is 0 Å². The van der Waals surface area contributed by atoms with Crippen molar-refractivity contribution in [1.29, 1.82) is 0 Å². The molecule has 4 nitrogen and oxygen atoms in total. The topological polar surface area (TPSA) is 40.2 Å². The van der Waals surface area contributed by atoms with Crippen molar-refractivity contribution in [2.75, 3.05) is 27.4 Å². The molecule has 0 radical (unpaired) electrons. The largest absolute Gasteiger partial charge is 0.500 e. The lowest BCUT2D eigenvalue weighted by Gasteiger charge is -2.25. The molecule has 0 amide bonds. The van der Waals surface area contributed by atoms with E-state index in [1.54, 1.807) is 14.2 Å². The van der Waals surface area contributed by atoms with Gasteiger partial charge in [-0.2, -0.15) is 0 Å². The second kappa shape index (κ2) is 5.82. The van der Waals surface area contributed by atoms with Crippen LogP contribution in [0.1, 0.15) is 19.8 Å². The standard InChI is InChI=1S/C9H20O4Si/c1-4-7-14(10-2,11-3)13-6-5-9-8-12-9/h9H,4-8H2,1-3H3/t9-/m1/s1. The number of ether oxygens (including phenoxy) is 1. The Morgan fingerprint density at radius 3 is 2.43 bits per heavy atom. The predicted octanol–water partition coefficient (Wildman–Crippen LogP) is 1.43. The number of epoxide rings is 1. The Morgan fingerprint density at radius 1 is 1.36 bits per heavy atom. The molecule has 0 aromatic carbocycles. The molecule has 0 spiro atoms. The van der Waals surface area contributed by atoms with E-state index >= 15 is 0 Å². The van der Waals surface area contributed by atoms with Crippen LogP contribution in [0.4, 0.5) is 0 Å². The summed E-state index contributed by atoms with van der Waals surface area (Å²) in [4.78, 5) is 0. The average Bonchev–Trinajstić information content (AvgIpc) is 3.00. The summed E-state index contributed by atoms with van der Waals surface area (Å²) < 4.78 is 21.6. The van der Waals surface area contributed by atoms with Gasteiger partial charge in [-0.15, -0.1) is 0 Å². The molecule has 1 fully saturated rings. The zero-order chi connectivity index (χ0) is 10.4. The van der Waals surface area contributed by atoms with Crippen molar-refractivity contribution in [2.24, 2.45) is 0 Å². The van der Waals surface area contributed by atoms with E-state index < -0.39 is 8.80 Å². The molecule has 14 heavy (non-hydrogen) atoms. The molecule has 1 aliphatic heterocycles. The quantitative estimate of drug-likeness (QED) is 0.458. The smallest absolute Gasteiger partial charge is 0.377 e. The summed E-state index contributed by atoms with van der Waals surface area (Å²) in [7, 11) is 0.993. The Labute approximate surface area is 86.9 Å². The SMILES string of the molecule is CCC[Si](OC)(OC)OCC[C@@H]1CO1. The van der Waals surface area contributed by atoms with Crippen molar-refractivity contribution in [3.8, 4) is 0 Å². The van der Waals surface area contributed by atoms with Crippen molar-refractivity contribution in [3.05, 3.63) is 0 Å². The lowest BCUT2D eigenvalue weighted by atomic mass is 10.4. The van der Waals surface area contributed by atoms with Crippen LogP contribution in [0.3, 0.4) is 0 Å². The average molecular weight is 220 g/mol. The first-order chi connectivity index (χ1) is 6.76. The molecule has 84 valence electrons. The summed E-state index contributed by atoms with van der Waals surface area (Å²) >= 11 is 0. The van der Waals surface area contributed by atoms with Gasteiger partial charge >= 0.3 is 8.80 Å². The molecule has 0 aliphatic carbocycles. The zero-order valence-corrected chi connectivity index (χ0v) is 10.2. The van der Waals surface area contributed by atoms with E-state index in [2.05, 4.69) is 6.92 Å². The fraction of sp³-hybridized carbons (Fsp3) is 1.00. The van der Waals surface area contributed by atoms with Crippen LogP contribution in [-0.2, 0) is 18.0 Å². The molecule has 5 heteroatoms. The van der Waals surface area contributed by atoms with Crippen molar-refractivity contribution in [1.82, 2.24) is 0 Å². The fourth-order valence-corrected chi connectivity index (χ4v) is 3.36. The van der Waals surface area contributed by atoms with Gasteiger partial charge in [0.05, 0.1) is 12.7 Å². The summed E-state index contributed by atoms with van der Waals surface area (Å²) in [5.41, 5.74) is 0. The lowest BCUT2D eigenvalue weighted by molar-refractivity contribution is 0.0945. The van der Waals surface area contributed by atoms with Crippen LogP contribution in [-0.4, -0.2) is 42.3 Å². The normalized spacial score (nSPS) is 21.2. The van der Waals surface area contributed by atoms with Gasteiger partial charge in [-0.25, -0.2) is 0 Å². The van der Waals surface area contributed by atoms with Gasteiger partial charge in [-0.1, -0.05) is 13.3 Å². The molecule has 1 atom stereocenters. The summed E-state index contributed by atoms with van der Waals surface area (Å²) in [5.74, 6) is 0. The van der Waals surface area contributed by atoms with Crippen LogP contribution in [0, 0.1) is 0 Å². The molecule has 1 rings (SSSR count). The molecule has 0 aromatic heterocycles. The summed E-state index contributed by atoms with van der Waals surface area (Å²) in [5, 5.41) is 0. The third-order valence-corrected chi connectivity index (χ3v) is 5.34. The summed E-state index contributed by atoms with van der Waals surface area (Å²) in [6, 6.07) is 0.880. The first kappa shape index (κ1) is 12.1. The maximum atomic E-state index is 5.73. The van der Waals surface area contributed by atoms with E-state index in [1.165, 1.54) is 0 Å². The second-order valence-electron chi connectivity index (χ2n) is 3.43. The predicted molar refractivity (Wildman–Crippen MR) is 55.2 cm³/mol. The minimum atomic E-state index is -2.34. The van der Waals surface area contributed by atoms with Gasteiger partial charge in [0.1, 0.15) is 0 Å². The van der Waals surface area contributed by atoms with Crippen LogP contribution in [0.5, 0.6) is 0 Å². The summed E-state index contributed by atoms with van der Waals surface area (Å²) in [6.45, 7) is 3.66. The highest BCUT2D eigenvalue weighted by molar-refractivity contribution is 6.60. The third-order valence-electron chi connectivity index (χ3n) is 2.34.